The normalized spacial score (nSPS) is 12.2. The summed E-state index contributed by atoms with van der Waals surface area (Å²) in [5.74, 6) is -1.19. The lowest BCUT2D eigenvalue weighted by Gasteiger charge is -2.14. The first-order chi connectivity index (χ1) is 11.8. The molecular weight excluding hydrogens is 342 g/mol. The third-order valence-electron chi connectivity index (χ3n) is 3.80. The highest BCUT2D eigenvalue weighted by Gasteiger charge is 2.21. The summed E-state index contributed by atoms with van der Waals surface area (Å²) >= 11 is 5.93. The maximum Gasteiger partial charge on any atom is 0.303 e. The molecule has 0 aliphatic heterocycles. The fourth-order valence-corrected chi connectivity index (χ4v) is 2.73. The molecule has 0 spiro atoms. The third kappa shape index (κ3) is 4.82. The van der Waals surface area contributed by atoms with Crippen LogP contribution in [0.3, 0.4) is 0 Å². The monoisotopic (exact) mass is 363 g/mol. The van der Waals surface area contributed by atoms with Crippen molar-refractivity contribution in [3.63, 3.8) is 0 Å². The standard InChI is InChI=1S/C18H22ClN3O3/c1-11(2)17-15(18(25)20-9-12(3)8-16(23)24)10-21-22(17)14-6-4-13(19)5-7-14/h4-7,10-12H,8-9H2,1-3H3,(H,20,25)(H,23,24). The van der Waals surface area contributed by atoms with Crippen LogP contribution in [-0.2, 0) is 4.79 Å². The summed E-state index contributed by atoms with van der Waals surface area (Å²) in [6.45, 7) is 6.07. The number of hydrogen-bond donors (Lipinski definition) is 2. The summed E-state index contributed by atoms with van der Waals surface area (Å²) in [6, 6.07) is 7.24. The van der Waals surface area contributed by atoms with Gasteiger partial charge in [0.05, 0.1) is 23.1 Å². The number of aliphatic carboxylic acids is 1. The zero-order valence-corrected chi connectivity index (χ0v) is 15.2. The van der Waals surface area contributed by atoms with E-state index in [1.807, 2.05) is 26.0 Å². The lowest BCUT2D eigenvalue weighted by Crippen LogP contribution is -2.30. The van der Waals surface area contributed by atoms with E-state index in [0.717, 1.165) is 11.4 Å². The molecule has 0 aliphatic carbocycles. The molecule has 6 nitrogen and oxygen atoms in total. The molecule has 1 unspecified atom stereocenters. The Labute approximate surface area is 151 Å². The van der Waals surface area contributed by atoms with Gasteiger partial charge in [-0.15, -0.1) is 0 Å². The molecule has 2 rings (SSSR count). The summed E-state index contributed by atoms with van der Waals surface area (Å²) in [5, 5.41) is 16.6. The van der Waals surface area contributed by atoms with Gasteiger partial charge in [0.2, 0.25) is 0 Å². The van der Waals surface area contributed by atoms with E-state index >= 15 is 0 Å². The number of amides is 1. The Kier molecular flexibility index (Phi) is 6.20. The molecule has 1 atom stereocenters. The number of rotatable bonds is 7. The van der Waals surface area contributed by atoms with E-state index in [0.29, 0.717) is 17.1 Å². The number of carboxylic acid groups (broad SMARTS) is 1. The van der Waals surface area contributed by atoms with Crippen LogP contribution in [0.5, 0.6) is 0 Å². The molecule has 1 heterocycles. The zero-order chi connectivity index (χ0) is 18.6. The van der Waals surface area contributed by atoms with Gasteiger partial charge in [0, 0.05) is 18.0 Å². The summed E-state index contributed by atoms with van der Waals surface area (Å²) in [4.78, 5) is 23.2. The topological polar surface area (TPSA) is 84.2 Å². The molecule has 2 N–H and O–H groups in total. The molecule has 0 bridgehead atoms. The Hall–Kier alpha value is -2.34. The van der Waals surface area contributed by atoms with Crippen LogP contribution < -0.4 is 5.32 Å². The van der Waals surface area contributed by atoms with Gasteiger partial charge in [0.25, 0.3) is 5.91 Å². The third-order valence-corrected chi connectivity index (χ3v) is 4.06. The van der Waals surface area contributed by atoms with Crippen molar-refractivity contribution in [3.8, 4) is 5.69 Å². The number of benzene rings is 1. The van der Waals surface area contributed by atoms with E-state index in [-0.39, 0.29) is 24.2 Å². The highest BCUT2D eigenvalue weighted by Crippen LogP contribution is 2.24. The van der Waals surface area contributed by atoms with Crippen LogP contribution in [0.1, 0.15) is 49.2 Å². The molecule has 0 fully saturated rings. The van der Waals surface area contributed by atoms with Gasteiger partial charge in [-0.1, -0.05) is 32.4 Å². The largest absolute Gasteiger partial charge is 0.481 e. The number of carbonyl (C=O) groups is 2. The van der Waals surface area contributed by atoms with Crippen LogP contribution in [0.25, 0.3) is 5.69 Å². The molecule has 0 radical (unpaired) electrons. The molecule has 0 saturated carbocycles. The van der Waals surface area contributed by atoms with Crippen molar-refractivity contribution in [2.24, 2.45) is 5.92 Å². The van der Waals surface area contributed by atoms with E-state index in [1.54, 1.807) is 29.9 Å². The quantitative estimate of drug-likeness (QED) is 0.788. The zero-order valence-electron chi connectivity index (χ0n) is 14.5. The van der Waals surface area contributed by atoms with Crippen molar-refractivity contribution in [1.29, 1.82) is 0 Å². The van der Waals surface area contributed by atoms with E-state index in [2.05, 4.69) is 10.4 Å². The SMILES string of the molecule is CC(CNC(=O)c1cnn(-c2ccc(Cl)cc2)c1C(C)C)CC(=O)O. The Balaban J connectivity index is 2.22. The lowest BCUT2D eigenvalue weighted by atomic mass is 10.0. The molecule has 1 aromatic carbocycles. The molecule has 1 aromatic heterocycles. The molecule has 7 heteroatoms. The molecule has 25 heavy (non-hydrogen) atoms. The molecule has 0 aliphatic rings. The first-order valence-electron chi connectivity index (χ1n) is 8.13. The fourth-order valence-electron chi connectivity index (χ4n) is 2.61. The van der Waals surface area contributed by atoms with Crippen LogP contribution in [0.15, 0.2) is 30.5 Å². The van der Waals surface area contributed by atoms with Gasteiger partial charge in [-0.2, -0.15) is 5.10 Å². The Morgan fingerprint density at radius 3 is 2.44 bits per heavy atom. The summed E-state index contributed by atoms with van der Waals surface area (Å²) < 4.78 is 1.73. The minimum absolute atomic E-state index is 0.0152. The summed E-state index contributed by atoms with van der Waals surface area (Å²) in [7, 11) is 0. The van der Waals surface area contributed by atoms with Gasteiger partial charge in [0.1, 0.15) is 0 Å². The minimum Gasteiger partial charge on any atom is -0.481 e. The molecule has 0 saturated heterocycles. The Morgan fingerprint density at radius 1 is 1.24 bits per heavy atom. The lowest BCUT2D eigenvalue weighted by molar-refractivity contribution is -0.137. The summed E-state index contributed by atoms with van der Waals surface area (Å²) in [5.41, 5.74) is 2.12. The predicted molar refractivity (Wildman–Crippen MR) is 96.4 cm³/mol. The van der Waals surface area contributed by atoms with Crippen LogP contribution >= 0.6 is 11.6 Å². The van der Waals surface area contributed by atoms with E-state index in [9.17, 15) is 9.59 Å². The van der Waals surface area contributed by atoms with Crippen molar-refractivity contribution in [1.82, 2.24) is 15.1 Å². The second-order valence-electron chi connectivity index (χ2n) is 6.40. The van der Waals surface area contributed by atoms with Gasteiger partial charge in [-0.05, 0) is 36.1 Å². The highest BCUT2D eigenvalue weighted by molar-refractivity contribution is 6.30. The van der Waals surface area contributed by atoms with Crippen molar-refractivity contribution in [2.45, 2.75) is 33.1 Å². The average molecular weight is 364 g/mol. The van der Waals surface area contributed by atoms with Gasteiger partial charge in [-0.25, -0.2) is 4.68 Å². The van der Waals surface area contributed by atoms with Crippen LogP contribution in [0, 0.1) is 5.92 Å². The maximum atomic E-state index is 12.5. The number of carboxylic acids is 1. The van der Waals surface area contributed by atoms with E-state index in [4.69, 9.17) is 16.7 Å². The van der Waals surface area contributed by atoms with Crippen molar-refractivity contribution in [2.75, 3.05) is 6.54 Å². The molecule has 2 aromatic rings. The van der Waals surface area contributed by atoms with Crippen LogP contribution in [0.2, 0.25) is 5.02 Å². The number of nitrogens with zero attached hydrogens (tertiary/aromatic N) is 2. The molecular formula is C18H22ClN3O3. The van der Waals surface area contributed by atoms with E-state index < -0.39 is 5.97 Å². The average Bonchev–Trinajstić information content (AvgIpc) is 2.98. The molecule has 1 amide bonds. The molecule has 134 valence electrons. The minimum atomic E-state index is -0.875. The van der Waals surface area contributed by atoms with Crippen LogP contribution in [-0.4, -0.2) is 33.3 Å². The maximum absolute atomic E-state index is 12.5. The van der Waals surface area contributed by atoms with Crippen molar-refractivity contribution >= 4 is 23.5 Å². The second-order valence-corrected chi connectivity index (χ2v) is 6.84. The fraction of sp³-hybridized carbons (Fsp3) is 0.389. The highest BCUT2D eigenvalue weighted by atomic mass is 35.5. The number of nitrogens with one attached hydrogen (secondary N) is 1. The van der Waals surface area contributed by atoms with E-state index in [1.165, 1.54) is 0 Å². The predicted octanol–water partition coefficient (Wildman–Crippen LogP) is 3.49. The van der Waals surface area contributed by atoms with Gasteiger partial charge in [0.15, 0.2) is 0 Å². The summed E-state index contributed by atoms with van der Waals surface area (Å²) in [6.07, 6.45) is 1.56. The Morgan fingerprint density at radius 2 is 1.88 bits per heavy atom. The van der Waals surface area contributed by atoms with Crippen LogP contribution in [0.4, 0.5) is 0 Å². The Bertz CT molecular complexity index is 753. The van der Waals surface area contributed by atoms with Gasteiger partial charge < -0.3 is 10.4 Å². The first kappa shape index (κ1) is 19.0. The van der Waals surface area contributed by atoms with Gasteiger partial charge in [-0.3, -0.25) is 9.59 Å². The smallest absolute Gasteiger partial charge is 0.303 e. The first-order valence-corrected chi connectivity index (χ1v) is 8.51. The number of aromatic nitrogens is 2. The van der Waals surface area contributed by atoms with Crippen molar-refractivity contribution < 1.29 is 14.7 Å². The van der Waals surface area contributed by atoms with Crippen molar-refractivity contribution in [3.05, 3.63) is 46.7 Å². The second kappa shape index (κ2) is 8.16. The number of hydrogen-bond acceptors (Lipinski definition) is 3. The number of halogens is 1. The van der Waals surface area contributed by atoms with Gasteiger partial charge >= 0.3 is 5.97 Å². The number of carbonyl (C=O) groups excluding carboxylic acids is 1.